The molecule has 3 heteroatoms. The molecule has 0 aromatic rings. The van der Waals surface area contributed by atoms with Crippen LogP contribution < -0.4 is 5.32 Å². The lowest BCUT2D eigenvalue weighted by Gasteiger charge is -2.15. The van der Waals surface area contributed by atoms with E-state index >= 15 is 0 Å². The van der Waals surface area contributed by atoms with Crippen LogP contribution in [-0.4, -0.2) is 49.8 Å². The summed E-state index contributed by atoms with van der Waals surface area (Å²) in [6, 6.07) is 0. The Labute approximate surface area is 75.1 Å². The van der Waals surface area contributed by atoms with Gasteiger partial charge in [0.2, 0.25) is 0 Å². The Bertz CT molecular complexity index is 115. The maximum atomic E-state index is 9.39. The maximum Gasteiger partial charge on any atom is 0.0791 e. The van der Waals surface area contributed by atoms with Crippen LogP contribution in [0.15, 0.2) is 12.7 Å². The molecule has 0 amide bonds. The fraction of sp³-hybridized carbons (Fsp3) is 0.778. The summed E-state index contributed by atoms with van der Waals surface area (Å²) in [4.78, 5) is 1.97. The average Bonchev–Trinajstić information content (AvgIpc) is 1.97. The Morgan fingerprint density at radius 1 is 1.58 bits per heavy atom. The quantitative estimate of drug-likeness (QED) is 0.421. The van der Waals surface area contributed by atoms with Crippen molar-refractivity contribution in [1.29, 1.82) is 0 Å². The van der Waals surface area contributed by atoms with Crippen molar-refractivity contribution < 1.29 is 5.11 Å². The van der Waals surface area contributed by atoms with Crippen molar-refractivity contribution in [3.05, 3.63) is 12.7 Å². The van der Waals surface area contributed by atoms with E-state index in [0.29, 0.717) is 13.1 Å². The topological polar surface area (TPSA) is 35.5 Å². The van der Waals surface area contributed by atoms with E-state index in [1.54, 1.807) is 0 Å². The first-order valence-electron chi connectivity index (χ1n) is 4.31. The van der Waals surface area contributed by atoms with E-state index in [-0.39, 0.29) is 6.10 Å². The second-order valence-electron chi connectivity index (χ2n) is 3.20. The van der Waals surface area contributed by atoms with E-state index in [4.69, 9.17) is 0 Å². The molecule has 0 aromatic carbocycles. The SMILES string of the molecule is C=CCCNCC(O)CN(C)C. The lowest BCUT2D eigenvalue weighted by Crippen LogP contribution is -2.35. The van der Waals surface area contributed by atoms with Gasteiger partial charge in [0.05, 0.1) is 6.10 Å². The molecule has 0 rings (SSSR count). The summed E-state index contributed by atoms with van der Waals surface area (Å²) < 4.78 is 0. The summed E-state index contributed by atoms with van der Waals surface area (Å²) in [7, 11) is 3.90. The number of aliphatic hydroxyl groups is 1. The highest BCUT2D eigenvalue weighted by molar-refractivity contribution is 4.69. The number of aliphatic hydroxyl groups excluding tert-OH is 1. The van der Waals surface area contributed by atoms with Crippen molar-refractivity contribution >= 4 is 0 Å². The van der Waals surface area contributed by atoms with E-state index in [1.165, 1.54) is 0 Å². The van der Waals surface area contributed by atoms with Gasteiger partial charge in [0, 0.05) is 13.1 Å². The van der Waals surface area contributed by atoms with Crippen molar-refractivity contribution in [1.82, 2.24) is 10.2 Å². The molecule has 0 heterocycles. The van der Waals surface area contributed by atoms with Crippen molar-refractivity contribution in [2.24, 2.45) is 0 Å². The number of rotatable bonds is 7. The van der Waals surface area contributed by atoms with E-state index in [9.17, 15) is 5.11 Å². The Morgan fingerprint density at radius 2 is 2.25 bits per heavy atom. The molecule has 12 heavy (non-hydrogen) atoms. The second-order valence-corrected chi connectivity index (χ2v) is 3.20. The standard InChI is InChI=1S/C9H20N2O/c1-4-5-6-10-7-9(12)8-11(2)3/h4,9-10,12H,1,5-8H2,2-3H3. The van der Waals surface area contributed by atoms with Crippen molar-refractivity contribution in [2.45, 2.75) is 12.5 Å². The van der Waals surface area contributed by atoms with Crippen LogP contribution in [0.2, 0.25) is 0 Å². The Morgan fingerprint density at radius 3 is 2.75 bits per heavy atom. The molecule has 0 spiro atoms. The molecule has 0 radical (unpaired) electrons. The molecule has 1 atom stereocenters. The molecular formula is C9H20N2O. The van der Waals surface area contributed by atoms with Crippen LogP contribution >= 0.6 is 0 Å². The van der Waals surface area contributed by atoms with Gasteiger partial charge >= 0.3 is 0 Å². The lowest BCUT2D eigenvalue weighted by molar-refractivity contribution is 0.135. The molecule has 0 bridgehead atoms. The van der Waals surface area contributed by atoms with E-state index in [1.807, 2.05) is 25.1 Å². The molecule has 72 valence electrons. The van der Waals surface area contributed by atoms with Crippen LogP contribution in [0.1, 0.15) is 6.42 Å². The van der Waals surface area contributed by atoms with Gasteiger partial charge in [-0.3, -0.25) is 0 Å². The van der Waals surface area contributed by atoms with Crippen LogP contribution in [0, 0.1) is 0 Å². The maximum absolute atomic E-state index is 9.39. The van der Waals surface area contributed by atoms with Gasteiger partial charge in [-0.05, 0) is 27.1 Å². The summed E-state index contributed by atoms with van der Waals surface area (Å²) in [5.41, 5.74) is 0. The van der Waals surface area contributed by atoms with Gasteiger partial charge in [-0.15, -0.1) is 6.58 Å². The zero-order valence-electron chi connectivity index (χ0n) is 8.08. The first-order valence-corrected chi connectivity index (χ1v) is 4.31. The number of hydrogen-bond acceptors (Lipinski definition) is 3. The highest BCUT2D eigenvalue weighted by Crippen LogP contribution is 1.84. The lowest BCUT2D eigenvalue weighted by atomic mass is 10.3. The van der Waals surface area contributed by atoms with Crippen molar-refractivity contribution in [2.75, 3.05) is 33.7 Å². The summed E-state index contributed by atoms with van der Waals surface area (Å²) in [6.45, 7) is 5.88. The molecular weight excluding hydrogens is 152 g/mol. The summed E-state index contributed by atoms with van der Waals surface area (Å²) in [5.74, 6) is 0. The fourth-order valence-electron chi connectivity index (χ4n) is 0.959. The van der Waals surface area contributed by atoms with Gasteiger partial charge < -0.3 is 15.3 Å². The first-order chi connectivity index (χ1) is 5.66. The Kier molecular flexibility index (Phi) is 7.05. The molecule has 0 aliphatic heterocycles. The third-order valence-corrected chi connectivity index (χ3v) is 1.48. The number of nitrogens with one attached hydrogen (secondary N) is 1. The van der Waals surface area contributed by atoms with Gasteiger partial charge in [-0.2, -0.15) is 0 Å². The largest absolute Gasteiger partial charge is 0.390 e. The van der Waals surface area contributed by atoms with Gasteiger partial charge in [0.25, 0.3) is 0 Å². The summed E-state index contributed by atoms with van der Waals surface area (Å²) in [6.07, 6.45) is 2.55. The third kappa shape index (κ3) is 7.72. The number of likely N-dealkylation sites (N-methyl/N-ethyl adjacent to an activating group) is 1. The fourth-order valence-corrected chi connectivity index (χ4v) is 0.959. The van der Waals surface area contributed by atoms with E-state index in [2.05, 4.69) is 11.9 Å². The van der Waals surface area contributed by atoms with Crippen LogP contribution in [0.3, 0.4) is 0 Å². The predicted octanol–water partition coefficient (Wildman–Crippen LogP) is 0.0746. The van der Waals surface area contributed by atoms with Gasteiger partial charge in [0.15, 0.2) is 0 Å². The summed E-state index contributed by atoms with van der Waals surface area (Å²) in [5, 5.41) is 12.5. The molecule has 1 unspecified atom stereocenters. The van der Waals surface area contributed by atoms with Crippen LogP contribution in [0.4, 0.5) is 0 Å². The van der Waals surface area contributed by atoms with Gasteiger partial charge in [-0.25, -0.2) is 0 Å². The zero-order chi connectivity index (χ0) is 9.40. The molecule has 0 saturated carbocycles. The number of nitrogens with zero attached hydrogens (tertiary/aromatic N) is 1. The van der Waals surface area contributed by atoms with E-state index < -0.39 is 0 Å². The van der Waals surface area contributed by atoms with Gasteiger partial charge in [-0.1, -0.05) is 6.08 Å². The first kappa shape index (κ1) is 11.6. The van der Waals surface area contributed by atoms with Crippen LogP contribution in [-0.2, 0) is 0 Å². The molecule has 0 aliphatic rings. The highest BCUT2D eigenvalue weighted by Gasteiger charge is 2.03. The van der Waals surface area contributed by atoms with Crippen LogP contribution in [0.25, 0.3) is 0 Å². The Hall–Kier alpha value is -0.380. The molecule has 0 aliphatic carbocycles. The van der Waals surface area contributed by atoms with Crippen molar-refractivity contribution in [3.63, 3.8) is 0 Å². The second kappa shape index (κ2) is 7.28. The third-order valence-electron chi connectivity index (χ3n) is 1.48. The molecule has 0 saturated heterocycles. The monoisotopic (exact) mass is 172 g/mol. The zero-order valence-corrected chi connectivity index (χ0v) is 8.08. The minimum Gasteiger partial charge on any atom is -0.390 e. The minimum atomic E-state index is -0.273. The normalized spacial score (nSPS) is 13.3. The molecule has 2 N–H and O–H groups in total. The molecule has 0 aromatic heterocycles. The summed E-state index contributed by atoms with van der Waals surface area (Å²) >= 11 is 0. The molecule has 0 fully saturated rings. The smallest absolute Gasteiger partial charge is 0.0791 e. The average molecular weight is 172 g/mol. The van der Waals surface area contributed by atoms with E-state index in [0.717, 1.165) is 13.0 Å². The molecule has 3 nitrogen and oxygen atoms in total. The van der Waals surface area contributed by atoms with Crippen LogP contribution in [0.5, 0.6) is 0 Å². The predicted molar refractivity (Wildman–Crippen MR) is 52.2 cm³/mol. The highest BCUT2D eigenvalue weighted by atomic mass is 16.3. The number of hydrogen-bond donors (Lipinski definition) is 2. The minimum absolute atomic E-state index is 0.273. The van der Waals surface area contributed by atoms with Gasteiger partial charge in [0.1, 0.15) is 0 Å². The van der Waals surface area contributed by atoms with Crippen molar-refractivity contribution in [3.8, 4) is 0 Å². The Balaban J connectivity index is 3.19.